The predicted molar refractivity (Wildman–Crippen MR) is 105 cm³/mol. The number of methoxy groups -OCH3 is 1. The third-order valence-electron chi connectivity index (χ3n) is 3.99. The number of rotatable bonds is 6. The number of carbonyl (C=O) groups excluding carboxylic acids is 1. The molecule has 0 fully saturated rings. The highest BCUT2D eigenvalue weighted by Crippen LogP contribution is 2.28. The van der Waals surface area contributed by atoms with Crippen LogP contribution in [0.25, 0.3) is 11.3 Å². The summed E-state index contributed by atoms with van der Waals surface area (Å²) in [5.74, 6) is -0.414. The van der Waals surface area contributed by atoms with Crippen LogP contribution in [0.1, 0.15) is 21.6 Å². The quantitative estimate of drug-likeness (QED) is 0.706. The van der Waals surface area contributed by atoms with Gasteiger partial charge in [0.2, 0.25) is 0 Å². The van der Waals surface area contributed by atoms with Crippen molar-refractivity contribution < 1.29 is 9.53 Å². The summed E-state index contributed by atoms with van der Waals surface area (Å²) >= 11 is 1.34. The Bertz CT molecular complexity index is 1030. The number of nitrogens with one attached hydrogen (secondary N) is 1. The Morgan fingerprint density at radius 3 is 2.81 bits per heavy atom. The van der Waals surface area contributed by atoms with Crippen LogP contribution in [0.2, 0.25) is 0 Å². The van der Waals surface area contributed by atoms with Crippen LogP contribution < -0.4 is 10.9 Å². The SMILES string of the molecule is COCCn1nc(C(=O)Nc2nc(-c3ccc(C)cc3C)cs2)ccc1=O. The Kier molecular flexibility index (Phi) is 5.78. The summed E-state index contributed by atoms with van der Waals surface area (Å²) in [5, 5.41) is 9.21. The number of aryl methyl sites for hydroxylation is 2. The van der Waals surface area contributed by atoms with Crippen molar-refractivity contribution in [3.63, 3.8) is 0 Å². The lowest BCUT2D eigenvalue weighted by Crippen LogP contribution is -2.27. The van der Waals surface area contributed by atoms with Crippen LogP contribution in [0.3, 0.4) is 0 Å². The molecule has 0 spiro atoms. The molecule has 3 aromatic rings. The second-order valence-corrected chi connectivity index (χ2v) is 6.94. The number of nitrogens with zero attached hydrogens (tertiary/aromatic N) is 3. The minimum absolute atomic E-state index is 0.147. The molecule has 7 nitrogen and oxygen atoms in total. The standard InChI is InChI=1S/C19H20N4O3S/c1-12-4-5-14(13(2)10-12)16-11-27-19(20-16)21-18(25)15-6-7-17(24)23(22-15)8-9-26-3/h4-7,10-11H,8-9H2,1-3H3,(H,20,21,25). The zero-order valence-corrected chi connectivity index (χ0v) is 16.2. The molecule has 0 aliphatic carbocycles. The van der Waals surface area contributed by atoms with E-state index < -0.39 is 5.91 Å². The van der Waals surface area contributed by atoms with Gasteiger partial charge in [-0.25, -0.2) is 9.67 Å². The third kappa shape index (κ3) is 4.47. The molecule has 0 aliphatic heterocycles. The van der Waals surface area contributed by atoms with Crippen LogP contribution in [-0.4, -0.2) is 34.4 Å². The van der Waals surface area contributed by atoms with Gasteiger partial charge in [0.05, 0.1) is 18.8 Å². The van der Waals surface area contributed by atoms with Gasteiger partial charge in [0.25, 0.3) is 11.5 Å². The van der Waals surface area contributed by atoms with Crippen LogP contribution in [0.5, 0.6) is 0 Å². The third-order valence-corrected chi connectivity index (χ3v) is 4.75. The lowest BCUT2D eigenvalue weighted by atomic mass is 10.0. The Balaban J connectivity index is 1.77. The van der Waals surface area contributed by atoms with Crippen molar-refractivity contribution in [3.8, 4) is 11.3 Å². The van der Waals surface area contributed by atoms with Crippen molar-refractivity contribution in [2.75, 3.05) is 19.0 Å². The molecule has 1 aromatic carbocycles. The van der Waals surface area contributed by atoms with Crippen molar-refractivity contribution in [3.05, 3.63) is 62.9 Å². The van der Waals surface area contributed by atoms with E-state index in [2.05, 4.69) is 21.5 Å². The van der Waals surface area contributed by atoms with E-state index in [-0.39, 0.29) is 17.8 Å². The van der Waals surface area contributed by atoms with Crippen molar-refractivity contribution in [1.29, 1.82) is 0 Å². The van der Waals surface area contributed by atoms with Gasteiger partial charge in [-0.05, 0) is 25.5 Å². The smallest absolute Gasteiger partial charge is 0.277 e. The summed E-state index contributed by atoms with van der Waals surface area (Å²) in [6.07, 6.45) is 0. The largest absolute Gasteiger partial charge is 0.383 e. The second-order valence-electron chi connectivity index (χ2n) is 6.08. The molecule has 2 aromatic heterocycles. The zero-order valence-electron chi connectivity index (χ0n) is 15.4. The number of carbonyl (C=O) groups is 1. The van der Waals surface area contributed by atoms with E-state index in [0.717, 1.165) is 16.8 Å². The van der Waals surface area contributed by atoms with E-state index in [0.29, 0.717) is 11.7 Å². The number of hydrogen-bond donors (Lipinski definition) is 1. The maximum Gasteiger partial charge on any atom is 0.277 e. The average molecular weight is 384 g/mol. The van der Waals surface area contributed by atoms with E-state index in [9.17, 15) is 9.59 Å². The van der Waals surface area contributed by atoms with Crippen LogP contribution in [0, 0.1) is 13.8 Å². The van der Waals surface area contributed by atoms with Crippen LogP contribution in [0.15, 0.2) is 40.5 Å². The highest BCUT2D eigenvalue weighted by Gasteiger charge is 2.13. The van der Waals surface area contributed by atoms with Crippen molar-refractivity contribution in [2.45, 2.75) is 20.4 Å². The molecule has 8 heteroatoms. The van der Waals surface area contributed by atoms with Crippen LogP contribution >= 0.6 is 11.3 Å². The molecule has 0 unspecified atom stereocenters. The lowest BCUT2D eigenvalue weighted by molar-refractivity contribution is 0.101. The summed E-state index contributed by atoms with van der Waals surface area (Å²) in [5.41, 5.74) is 4.03. The van der Waals surface area contributed by atoms with Gasteiger partial charge in [0.15, 0.2) is 5.13 Å². The molecular weight excluding hydrogens is 364 g/mol. The first-order valence-corrected chi connectivity index (χ1v) is 9.27. The second kappa shape index (κ2) is 8.24. The molecule has 140 valence electrons. The van der Waals surface area contributed by atoms with Crippen LogP contribution in [-0.2, 0) is 11.3 Å². The molecule has 0 bridgehead atoms. The average Bonchev–Trinajstić information content (AvgIpc) is 3.09. The first kappa shape index (κ1) is 18.9. The number of amides is 1. The van der Waals surface area contributed by atoms with E-state index in [4.69, 9.17) is 4.74 Å². The number of anilines is 1. The maximum absolute atomic E-state index is 12.5. The highest BCUT2D eigenvalue weighted by molar-refractivity contribution is 7.14. The number of benzene rings is 1. The molecule has 1 amide bonds. The number of thiazole rings is 1. The molecule has 27 heavy (non-hydrogen) atoms. The molecule has 0 radical (unpaired) electrons. The summed E-state index contributed by atoms with van der Waals surface area (Å²) in [7, 11) is 1.54. The molecule has 3 rings (SSSR count). The van der Waals surface area contributed by atoms with Gasteiger partial charge >= 0.3 is 0 Å². The summed E-state index contributed by atoms with van der Waals surface area (Å²) < 4.78 is 6.16. The fraction of sp³-hybridized carbons (Fsp3) is 0.263. The van der Waals surface area contributed by atoms with E-state index >= 15 is 0 Å². The normalized spacial score (nSPS) is 10.8. The summed E-state index contributed by atoms with van der Waals surface area (Å²) in [4.78, 5) is 28.7. The number of hydrogen-bond acceptors (Lipinski definition) is 6. The predicted octanol–water partition coefficient (Wildman–Crippen LogP) is 2.88. The first-order chi connectivity index (χ1) is 13.0. The van der Waals surface area contributed by atoms with Crippen molar-refractivity contribution in [2.24, 2.45) is 0 Å². The van der Waals surface area contributed by atoms with E-state index in [1.54, 1.807) is 0 Å². The molecule has 0 saturated heterocycles. The zero-order chi connectivity index (χ0) is 19.4. The van der Waals surface area contributed by atoms with E-state index in [1.165, 1.54) is 40.8 Å². The van der Waals surface area contributed by atoms with Gasteiger partial charge < -0.3 is 4.74 Å². The van der Waals surface area contributed by atoms with Crippen molar-refractivity contribution >= 4 is 22.4 Å². The molecular formula is C19H20N4O3S. The van der Waals surface area contributed by atoms with Gasteiger partial charge in [-0.3, -0.25) is 14.9 Å². The topological polar surface area (TPSA) is 86.1 Å². The Morgan fingerprint density at radius 1 is 1.26 bits per heavy atom. The van der Waals surface area contributed by atoms with Crippen molar-refractivity contribution in [1.82, 2.24) is 14.8 Å². The molecule has 1 N–H and O–H groups in total. The first-order valence-electron chi connectivity index (χ1n) is 8.39. The van der Waals surface area contributed by atoms with Gasteiger partial charge in [-0.15, -0.1) is 11.3 Å². The van der Waals surface area contributed by atoms with Gasteiger partial charge in [0, 0.05) is 24.1 Å². The minimum Gasteiger partial charge on any atom is -0.383 e. The summed E-state index contributed by atoms with van der Waals surface area (Å²) in [6, 6.07) is 8.88. The molecule has 0 saturated carbocycles. The molecule has 0 atom stereocenters. The highest BCUT2D eigenvalue weighted by atomic mass is 32.1. The van der Waals surface area contributed by atoms with Gasteiger partial charge in [-0.1, -0.05) is 23.8 Å². The summed E-state index contributed by atoms with van der Waals surface area (Å²) in [6.45, 7) is 4.70. The van der Waals surface area contributed by atoms with Gasteiger partial charge in [0.1, 0.15) is 5.69 Å². The fourth-order valence-corrected chi connectivity index (χ4v) is 3.33. The Hall–Kier alpha value is -2.84. The van der Waals surface area contributed by atoms with Gasteiger partial charge in [-0.2, -0.15) is 5.10 Å². The minimum atomic E-state index is -0.414. The maximum atomic E-state index is 12.5. The molecule has 2 heterocycles. The number of aromatic nitrogens is 3. The Labute approximate surface area is 160 Å². The lowest BCUT2D eigenvalue weighted by Gasteiger charge is -2.06. The van der Waals surface area contributed by atoms with Crippen LogP contribution in [0.4, 0.5) is 5.13 Å². The number of ether oxygens (including phenoxy) is 1. The fourth-order valence-electron chi connectivity index (χ4n) is 2.62. The monoisotopic (exact) mass is 384 g/mol. The Morgan fingerprint density at radius 2 is 2.07 bits per heavy atom. The van der Waals surface area contributed by atoms with E-state index in [1.807, 2.05) is 31.4 Å². The molecule has 0 aliphatic rings.